The van der Waals surface area contributed by atoms with Crippen molar-refractivity contribution in [1.82, 2.24) is 9.97 Å². The van der Waals surface area contributed by atoms with Crippen molar-refractivity contribution in [2.24, 2.45) is 0 Å². The number of nitrogens with zero attached hydrogens (tertiary/aromatic N) is 2. The van der Waals surface area contributed by atoms with Crippen LogP contribution in [0.25, 0.3) is 0 Å². The smallest absolute Gasteiger partial charge is 0.214 e. The molecule has 0 bridgehead atoms. The second-order valence-corrected chi connectivity index (χ2v) is 3.72. The number of rotatable bonds is 4. The van der Waals surface area contributed by atoms with Gasteiger partial charge in [0, 0.05) is 25.0 Å². The van der Waals surface area contributed by atoms with Crippen LogP contribution in [0, 0.1) is 6.92 Å². The normalized spacial score (nSPS) is 10.0. The van der Waals surface area contributed by atoms with E-state index in [-0.39, 0.29) is 0 Å². The maximum absolute atomic E-state index is 5.07. The Balaban J connectivity index is 2.05. The molecule has 0 aliphatic heterocycles. The Morgan fingerprint density at radius 1 is 1.29 bits per heavy atom. The molecule has 2 rings (SSSR count). The Hall–Kier alpha value is -2.10. The lowest BCUT2D eigenvalue weighted by Gasteiger charge is -2.08. The van der Waals surface area contributed by atoms with Crippen molar-refractivity contribution in [3.8, 4) is 5.88 Å². The molecule has 17 heavy (non-hydrogen) atoms. The highest BCUT2D eigenvalue weighted by molar-refractivity contribution is 5.38. The fraction of sp³-hybridized carbons (Fsp3) is 0.231. The number of nitrogens with one attached hydrogen (secondary N) is 1. The molecule has 0 spiro atoms. The Kier molecular flexibility index (Phi) is 3.55. The van der Waals surface area contributed by atoms with Gasteiger partial charge in [-0.2, -0.15) is 4.98 Å². The lowest BCUT2D eigenvalue weighted by Crippen LogP contribution is -2.03. The molecular formula is C13H15N3O. The summed E-state index contributed by atoms with van der Waals surface area (Å²) in [6.45, 7) is 2.78. The molecule has 0 aromatic carbocycles. The first-order valence-corrected chi connectivity index (χ1v) is 5.44. The Morgan fingerprint density at radius 2 is 2.18 bits per heavy atom. The topological polar surface area (TPSA) is 47.0 Å². The SMILES string of the molecule is COc1cccc(NCc2ccncc2C)n1. The zero-order valence-corrected chi connectivity index (χ0v) is 9.97. The van der Waals surface area contributed by atoms with Crippen molar-refractivity contribution >= 4 is 5.82 Å². The zero-order chi connectivity index (χ0) is 12.1. The third kappa shape index (κ3) is 2.93. The third-order valence-corrected chi connectivity index (χ3v) is 2.53. The zero-order valence-electron chi connectivity index (χ0n) is 9.97. The minimum atomic E-state index is 0.612. The average Bonchev–Trinajstić information content (AvgIpc) is 2.38. The second kappa shape index (κ2) is 5.30. The number of hydrogen-bond donors (Lipinski definition) is 1. The Morgan fingerprint density at radius 3 is 2.94 bits per heavy atom. The van der Waals surface area contributed by atoms with E-state index < -0.39 is 0 Å². The van der Waals surface area contributed by atoms with Gasteiger partial charge in [-0.15, -0.1) is 0 Å². The number of aryl methyl sites for hydroxylation is 1. The van der Waals surface area contributed by atoms with E-state index in [0.29, 0.717) is 5.88 Å². The van der Waals surface area contributed by atoms with Gasteiger partial charge < -0.3 is 10.1 Å². The van der Waals surface area contributed by atoms with Crippen molar-refractivity contribution in [3.63, 3.8) is 0 Å². The maximum Gasteiger partial charge on any atom is 0.214 e. The van der Waals surface area contributed by atoms with Gasteiger partial charge in [-0.1, -0.05) is 6.07 Å². The van der Waals surface area contributed by atoms with Crippen LogP contribution < -0.4 is 10.1 Å². The molecular weight excluding hydrogens is 214 g/mol. The van der Waals surface area contributed by atoms with Crippen LogP contribution in [-0.4, -0.2) is 17.1 Å². The summed E-state index contributed by atoms with van der Waals surface area (Å²) >= 11 is 0. The molecule has 0 aliphatic carbocycles. The highest BCUT2D eigenvalue weighted by Gasteiger charge is 1.99. The lowest BCUT2D eigenvalue weighted by molar-refractivity contribution is 0.398. The van der Waals surface area contributed by atoms with Crippen LogP contribution in [0.15, 0.2) is 36.7 Å². The summed E-state index contributed by atoms with van der Waals surface area (Å²) in [6, 6.07) is 7.65. The number of aromatic nitrogens is 2. The molecule has 4 nitrogen and oxygen atoms in total. The van der Waals surface area contributed by atoms with Crippen LogP contribution in [0.5, 0.6) is 5.88 Å². The fourth-order valence-corrected chi connectivity index (χ4v) is 1.51. The van der Waals surface area contributed by atoms with E-state index in [9.17, 15) is 0 Å². The molecule has 0 fully saturated rings. The van der Waals surface area contributed by atoms with Gasteiger partial charge in [-0.05, 0) is 30.2 Å². The van der Waals surface area contributed by atoms with Crippen molar-refractivity contribution in [3.05, 3.63) is 47.8 Å². The van der Waals surface area contributed by atoms with Gasteiger partial charge in [0.2, 0.25) is 5.88 Å². The van der Waals surface area contributed by atoms with Gasteiger partial charge in [0.1, 0.15) is 5.82 Å². The van der Waals surface area contributed by atoms with E-state index in [0.717, 1.165) is 12.4 Å². The van der Waals surface area contributed by atoms with Gasteiger partial charge in [0.25, 0.3) is 0 Å². The van der Waals surface area contributed by atoms with E-state index in [2.05, 4.69) is 15.3 Å². The van der Waals surface area contributed by atoms with E-state index >= 15 is 0 Å². The summed E-state index contributed by atoms with van der Waals surface area (Å²) in [5.74, 6) is 1.42. The van der Waals surface area contributed by atoms with Crippen LogP contribution in [-0.2, 0) is 6.54 Å². The number of pyridine rings is 2. The third-order valence-electron chi connectivity index (χ3n) is 2.53. The first kappa shape index (κ1) is 11.4. The van der Waals surface area contributed by atoms with Gasteiger partial charge in [0.05, 0.1) is 7.11 Å². The van der Waals surface area contributed by atoms with Crippen LogP contribution in [0.2, 0.25) is 0 Å². The number of ether oxygens (including phenoxy) is 1. The number of anilines is 1. The highest BCUT2D eigenvalue weighted by Crippen LogP contribution is 2.12. The molecule has 2 heterocycles. The molecule has 2 aromatic rings. The molecule has 4 heteroatoms. The average molecular weight is 229 g/mol. The summed E-state index contributed by atoms with van der Waals surface area (Å²) < 4.78 is 5.07. The van der Waals surface area contributed by atoms with Crippen LogP contribution in [0.1, 0.15) is 11.1 Å². The molecule has 0 unspecified atom stereocenters. The Bertz CT molecular complexity index is 500. The van der Waals surface area contributed by atoms with Gasteiger partial charge in [0.15, 0.2) is 0 Å². The molecule has 0 amide bonds. The van der Waals surface area contributed by atoms with Crippen molar-refractivity contribution in [2.45, 2.75) is 13.5 Å². The molecule has 88 valence electrons. The van der Waals surface area contributed by atoms with Crippen molar-refractivity contribution in [2.75, 3.05) is 12.4 Å². The molecule has 0 aliphatic rings. The van der Waals surface area contributed by atoms with Crippen molar-refractivity contribution < 1.29 is 4.74 Å². The molecule has 0 saturated heterocycles. The van der Waals surface area contributed by atoms with E-state index in [1.165, 1.54) is 11.1 Å². The largest absolute Gasteiger partial charge is 0.481 e. The summed E-state index contributed by atoms with van der Waals surface area (Å²) in [7, 11) is 1.61. The summed E-state index contributed by atoms with van der Waals surface area (Å²) in [6.07, 6.45) is 3.65. The quantitative estimate of drug-likeness (QED) is 0.874. The predicted octanol–water partition coefficient (Wildman–Crippen LogP) is 2.41. The highest BCUT2D eigenvalue weighted by atomic mass is 16.5. The van der Waals surface area contributed by atoms with Gasteiger partial charge >= 0.3 is 0 Å². The second-order valence-electron chi connectivity index (χ2n) is 3.72. The number of hydrogen-bond acceptors (Lipinski definition) is 4. The monoisotopic (exact) mass is 229 g/mol. The standard InChI is InChI=1S/C13H15N3O/c1-10-8-14-7-6-11(10)9-15-12-4-3-5-13(16-12)17-2/h3-8H,9H2,1-2H3,(H,15,16). The maximum atomic E-state index is 5.07. The van der Waals surface area contributed by atoms with Crippen LogP contribution in [0.4, 0.5) is 5.82 Å². The van der Waals surface area contributed by atoms with E-state index in [1.807, 2.05) is 37.4 Å². The lowest BCUT2D eigenvalue weighted by atomic mass is 10.1. The summed E-state index contributed by atoms with van der Waals surface area (Å²) in [5.41, 5.74) is 2.38. The van der Waals surface area contributed by atoms with Crippen LogP contribution >= 0.6 is 0 Å². The summed E-state index contributed by atoms with van der Waals surface area (Å²) in [4.78, 5) is 8.35. The fourth-order valence-electron chi connectivity index (χ4n) is 1.51. The van der Waals surface area contributed by atoms with E-state index in [1.54, 1.807) is 13.3 Å². The molecule has 0 saturated carbocycles. The van der Waals surface area contributed by atoms with Gasteiger partial charge in [-0.3, -0.25) is 4.98 Å². The molecule has 0 atom stereocenters. The first-order chi connectivity index (χ1) is 8.29. The van der Waals surface area contributed by atoms with E-state index in [4.69, 9.17) is 4.74 Å². The first-order valence-electron chi connectivity index (χ1n) is 5.44. The Labute approximate surface area is 101 Å². The minimum Gasteiger partial charge on any atom is -0.481 e. The molecule has 1 N–H and O–H groups in total. The van der Waals surface area contributed by atoms with Gasteiger partial charge in [-0.25, -0.2) is 0 Å². The van der Waals surface area contributed by atoms with Crippen LogP contribution in [0.3, 0.4) is 0 Å². The summed E-state index contributed by atoms with van der Waals surface area (Å²) in [5, 5.41) is 3.26. The number of methoxy groups -OCH3 is 1. The van der Waals surface area contributed by atoms with Crippen molar-refractivity contribution in [1.29, 1.82) is 0 Å². The predicted molar refractivity (Wildman–Crippen MR) is 67.1 cm³/mol. The molecule has 2 aromatic heterocycles. The minimum absolute atomic E-state index is 0.612. The molecule has 0 radical (unpaired) electrons.